The van der Waals surface area contributed by atoms with Crippen LogP contribution in [0.5, 0.6) is 5.75 Å². The summed E-state index contributed by atoms with van der Waals surface area (Å²) in [4.78, 5) is 27.8. The van der Waals surface area contributed by atoms with Crippen LogP contribution in [0.25, 0.3) is 0 Å². The zero-order valence-corrected chi connectivity index (χ0v) is 19.2. The molecule has 0 spiro atoms. The summed E-state index contributed by atoms with van der Waals surface area (Å²) in [6.07, 6.45) is 4.76. The van der Waals surface area contributed by atoms with Crippen molar-refractivity contribution in [2.24, 2.45) is 0 Å². The number of amides is 2. The van der Waals surface area contributed by atoms with E-state index in [9.17, 15) is 9.59 Å². The Labute approximate surface area is 193 Å². The number of nitrogens with one attached hydrogen (secondary N) is 1. The van der Waals surface area contributed by atoms with Crippen molar-refractivity contribution in [3.63, 3.8) is 0 Å². The van der Waals surface area contributed by atoms with Crippen molar-refractivity contribution in [1.29, 1.82) is 0 Å². The first-order chi connectivity index (χ1) is 15.0. The lowest BCUT2D eigenvalue weighted by atomic mass is 10.1. The standard InChI is InChI=1S/C24H28Cl2N2O3/c1-2-22(24(30)27-20-5-3-4-6-20)28(15-17-7-9-18(25)10-8-17)23(29)16-31-21-13-11-19(26)12-14-21/h7-14,20,22H,2-6,15-16H2,1H3,(H,27,30). The molecular formula is C24H28Cl2N2O3. The van der Waals surface area contributed by atoms with Crippen molar-refractivity contribution in [2.45, 2.75) is 57.7 Å². The maximum absolute atomic E-state index is 13.2. The van der Waals surface area contributed by atoms with Gasteiger partial charge in [0.2, 0.25) is 5.91 Å². The van der Waals surface area contributed by atoms with Gasteiger partial charge in [0, 0.05) is 22.6 Å². The van der Waals surface area contributed by atoms with Crippen LogP contribution in [0.1, 0.15) is 44.6 Å². The lowest BCUT2D eigenvalue weighted by Crippen LogP contribution is -2.52. The number of ether oxygens (including phenoxy) is 1. The van der Waals surface area contributed by atoms with Crippen LogP contribution in [-0.4, -0.2) is 35.4 Å². The van der Waals surface area contributed by atoms with Crippen LogP contribution in [0.2, 0.25) is 10.0 Å². The molecule has 1 aliphatic carbocycles. The molecule has 1 fully saturated rings. The normalized spacial score (nSPS) is 14.8. The van der Waals surface area contributed by atoms with Crippen molar-refractivity contribution in [3.05, 3.63) is 64.1 Å². The van der Waals surface area contributed by atoms with Gasteiger partial charge in [-0.25, -0.2) is 0 Å². The van der Waals surface area contributed by atoms with E-state index in [0.717, 1.165) is 31.2 Å². The summed E-state index contributed by atoms with van der Waals surface area (Å²) in [5.41, 5.74) is 0.899. The van der Waals surface area contributed by atoms with Gasteiger partial charge >= 0.3 is 0 Å². The van der Waals surface area contributed by atoms with Crippen molar-refractivity contribution in [1.82, 2.24) is 10.2 Å². The summed E-state index contributed by atoms with van der Waals surface area (Å²) in [7, 11) is 0. The number of nitrogens with zero attached hydrogens (tertiary/aromatic N) is 1. The number of carbonyl (C=O) groups excluding carboxylic acids is 2. The third-order valence-corrected chi connectivity index (χ3v) is 6.03. The molecule has 0 aliphatic heterocycles. The SMILES string of the molecule is CCC(C(=O)NC1CCCC1)N(Cc1ccc(Cl)cc1)C(=O)COc1ccc(Cl)cc1. The second kappa shape index (κ2) is 11.4. The highest BCUT2D eigenvalue weighted by atomic mass is 35.5. The molecule has 166 valence electrons. The molecule has 0 saturated heterocycles. The Balaban J connectivity index is 1.74. The number of hydrogen-bond donors (Lipinski definition) is 1. The third-order valence-electron chi connectivity index (χ3n) is 5.53. The van der Waals surface area contributed by atoms with E-state index in [1.54, 1.807) is 41.3 Å². The van der Waals surface area contributed by atoms with E-state index in [1.807, 2.05) is 19.1 Å². The monoisotopic (exact) mass is 462 g/mol. The Morgan fingerprint density at radius 1 is 1.03 bits per heavy atom. The molecule has 5 nitrogen and oxygen atoms in total. The second-order valence-corrected chi connectivity index (χ2v) is 8.68. The average Bonchev–Trinajstić information content (AvgIpc) is 3.27. The van der Waals surface area contributed by atoms with E-state index in [0.29, 0.717) is 28.8 Å². The Morgan fingerprint density at radius 3 is 2.19 bits per heavy atom. The molecule has 2 aromatic carbocycles. The van der Waals surface area contributed by atoms with Crippen LogP contribution in [-0.2, 0) is 16.1 Å². The molecule has 1 aliphatic rings. The lowest BCUT2D eigenvalue weighted by molar-refractivity contribution is -0.143. The van der Waals surface area contributed by atoms with E-state index >= 15 is 0 Å². The summed E-state index contributed by atoms with van der Waals surface area (Å²) in [5, 5.41) is 4.35. The maximum Gasteiger partial charge on any atom is 0.261 e. The van der Waals surface area contributed by atoms with Crippen molar-refractivity contribution in [3.8, 4) is 5.75 Å². The van der Waals surface area contributed by atoms with Crippen LogP contribution >= 0.6 is 23.2 Å². The minimum absolute atomic E-state index is 0.108. The summed E-state index contributed by atoms with van der Waals surface area (Å²) >= 11 is 11.9. The van der Waals surface area contributed by atoms with E-state index in [-0.39, 0.29) is 24.5 Å². The fourth-order valence-electron chi connectivity index (χ4n) is 3.83. The van der Waals surface area contributed by atoms with Gasteiger partial charge in [-0.3, -0.25) is 9.59 Å². The van der Waals surface area contributed by atoms with Gasteiger partial charge in [0.05, 0.1) is 0 Å². The maximum atomic E-state index is 13.2. The van der Waals surface area contributed by atoms with Crippen LogP contribution in [0.4, 0.5) is 0 Å². The number of carbonyl (C=O) groups is 2. The van der Waals surface area contributed by atoms with Crippen molar-refractivity contribution >= 4 is 35.0 Å². The summed E-state index contributed by atoms with van der Waals surface area (Å²) in [5.74, 6) is 0.189. The highest BCUT2D eigenvalue weighted by Crippen LogP contribution is 2.20. The first-order valence-corrected chi connectivity index (χ1v) is 11.4. The van der Waals surface area contributed by atoms with Gasteiger partial charge in [0.25, 0.3) is 5.91 Å². The van der Waals surface area contributed by atoms with E-state index in [4.69, 9.17) is 27.9 Å². The Hall–Kier alpha value is -2.24. The first-order valence-electron chi connectivity index (χ1n) is 10.7. The molecular weight excluding hydrogens is 435 g/mol. The predicted octanol–water partition coefficient (Wildman–Crippen LogP) is 5.24. The van der Waals surface area contributed by atoms with Gasteiger partial charge in [-0.1, -0.05) is 55.1 Å². The molecule has 1 unspecified atom stereocenters. The van der Waals surface area contributed by atoms with E-state index in [2.05, 4.69) is 5.32 Å². The molecule has 1 atom stereocenters. The molecule has 2 aromatic rings. The number of benzene rings is 2. The zero-order chi connectivity index (χ0) is 22.2. The van der Waals surface area contributed by atoms with Gasteiger partial charge in [-0.2, -0.15) is 0 Å². The van der Waals surface area contributed by atoms with Crippen LogP contribution < -0.4 is 10.1 Å². The molecule has 0 bridgehead atoms. The van der Waals surface area contributed by atoms with Gasteiger partial charge in [-0.05, 0) is 61.2 Å². The minimum Gasteiger partial charge on any atom is -0.484 e. The molecule has 31 heavy (non-hydrogen) atoms. The van der Waals surface area contributed by atoms with Crippen molar-refractivity contribution < 1.29 is 14.3 Å². The molecule has 0 radical (unpaired) electrons. The Morgan fingerprint density at radius 2 is 1.61 bits per heavy atom. The highest BCUT2D eigenvalue weighted by Gasteiger charge is 2.30. The largest absolute Gasteiger partial charge is 0.484 e. The van der Waals surface area contributed by atoms with E-state index < -0.39 is 6.04 Å². The predicted molar refractivity (Wildman–Crippen MR) is 123 cm³/mol. The van der Waals surface area contributed by atoms with Gasteiger partial charge in [0.1, 0.15) is 11.8 Å². The van der Waals surface area contributed by atoms with Crippen molar-refractivity contribution in [2.75, 3.05) is 6.61 Å². The Bertz CT molecular complexity index is 865. The Kier molecular flexibility index (Phi) is 8.61. The second-order valence-electron chi connectivity index (χ2n) is 7.80. The van der Waals surface area contributed by atoms with Crippen LogP contribution in [0.3, 0.4) is 0 Å². The van der Waals surface area contributed by atoms with Gasteiger partial charge < -0.3 is 15.0 Å². The first kappa shape index (κ1) is 23.4. The number of hydrogen-bond acceptors (Lipinski definition) is 3. The fraction of sp³-hybridized carbons (Fsp3) is 0.417. The van der Waals surface area contributed by atoms with Crippen LogP contribution in [0.15, 0.2) is 48.5 Å². The molecule has 1 saturated carbocycles. The topological polar surface area (TPSA) is 58.6 Å². The van der Waals surface area contributed by atoms with Crippen LogP contribution in [0, 0.1) is 0 Å². The summed E-state index contributed by atoms with van der Waals surface area (Å²) < 4.78 is 5.67. The zero-order valence-electron chi connectivity index (χ0n) is 17.7. The lowest BCUT2D eigenvalue weighted by Gasteiger charge is -2.31. The smallest absolute Gasteiger partial charge is 0.261 e. The number of rotatable bonds is 9. The fourth-order valence-corrected chi connectivity index (χ4v) is 4.08. The van der Waals surface area contributed by atoms with Gasteiger partial charge in [-0.15, -0.1) is 0 Å². The summed E-state index contributed by atoms with van der Waals surface area (Å²) in [6.45, 7) is 2.06. The molecule has 0 aromatic heterocycles. The molecule has 3 rings (SSSR count). The average molecular weight is 463 g/mol. The highest BCUT2D eigenvalue weighted by molar-refractivity contribution is 6.30. The molecule has 2 amide bonds. The minimum atomic E-state index is -0.572. The van der Waals surface area contributed by atoms with E-state index in [1.165, 1.54) is 0 Å². The number of halogens is 2. The summed E-state index contributed by atoms with van der Waals surface area (Å²) in [6, 6.07) is 13.7. The molecule has 1 N–H and O–H groups in total. The molecule has 0 heterocycles. The quantitative estimate of drug-likeness (QED) is 0.554. The third kappa shape index (κ3) is 6.88. The molecule has 7 heteroatoms. The van der Waals surface area contributed by atoms with Gasteiger partial charge in [0.15, 0.2) is 6.61 Å².